The molecule has 0 aliphatic rings. The number of hydrogen-bond acceptors (Lipinski definition) is 5. The number of fused-ring (bicyclic) bond motifs is 1. The smallest absolute Gasteiger partial charge is 0.280 e. The van der Waals surface area contributed by atoms with Crippen molar-refractivity contribution < 1.29 is 9.53 Å². The Bertz CT molecular complexity index is 1260. The van der Waals surface area contributed by atoms with Crippen molar-refractivity contribution in [3.05, 3.63) is 70.9 Å². The summed E-state index contributed by atoms with van der Waals surface area (Å²) in [4.78, 5) is 25.8. The molecule has 1 aromatic carbocycles. The number of amides is 1. The summed E-state index contributed by atoms with van der Waals surface area (Å²) in [6, 6.07) is 13.4. The van der Waals surface area contributed by atoms with E-state index in [4.69, 9.17) is 9.84 Å². The number of aromatic nitrogens is 5. The van der Waals surface area contributed by atoms with Crippen molar-refractivity contribution >= 4 is 16.8 Å². The van der Waals surface area contributed by atoms with Crippen LogP contribution in [0.3, 0.4) is 0 Å². The van der Waals surface area contributed by atoms with Crippen molar-refractivity contribution in [1.29, 1.82) is 0 Å². The van der Waals surface area contributed by atoms with Crippen LogP contribution in [0.25, 0.3) is 22.4 Å². The molecule has 0 saturated carbocycles. The summed E-state index contributed by atoms with van der Waals surface area (Å²) in [6.45, 7) is 5.27. The molecule has 3 aromatic heterocycles. The van der Waals surface area contributed by atoms with E-state index in [-0.39, 0.29) is 18.0 Å². The Balaban J connectivity index is 1.73. The number of aryl methyl sites for hydroxylation is 1. The van der Waals surface area contributed by atoms with E-state index in [1.807, 2.05) is 66.3 Å². The molecular formula is C23H26N6O3. The molecule has 0 radical (unpaired) electrons. The van der Waals surface area contributed by atoms with E-state index in [0.717, 1.165) is 5.69 Å². The number of carbonyl (C=O) groups excluding carboxylic acids is 1. The first-order chi connectivity index (χ1) is 15.6. The van der Waals surface area contributed by atoms with Gasteiger partial charge in [0.25, 0.3) is 5.56 Å². The van der Waals surface area contributed by atoms with Crippen LogP contribution in [-0.2, 0) is 16.1 Å². The minimum atomic E-state index is -0.360. The van der Waals surface area contributed by atoms with Crippen molar-refractivity contribution in [3.63, 3.8) is 0 Å². The van der Waals surface area contributed by atoms with Gasteiger partial charge >= 0.3 is 0 Å². The van der Waals surface area contributed by atoms with E-state index in [0.29, 0.717) is 48.6 Å². The molecule has 32 heavy (non-hydrogen) atoms. The molecule has 0 unspecified atom stereocenters. The molecule has 0 fully saturated rings. The highest BCUT2D eigenvalue weighted by Gasteiger charge is 2.22. The van der Waals surface area contributed by atoms with Crippen LogP contribution in [0.1, 0.15) is 19.0 Å². The van der Waals surface area contributed by atoms with Crippen molar-refractivity contribution in [1.82, 2.24) is 29.4 Å². The second kappa shape index (κ2) is 9.61. The second-order valence-corrected chi connectivity index (χ2v) is 7.33. The zero-order valence-electron chi connectivity index (χ0n) is 18.2. The minimum Gasteiger partial charge on any atom is -0.382 e. The zero-order chi connectivity index (χ0) is 22.5. The lowest BCUT2D eigenvalue weighted by atomic mass is 10.2. The number of rotatable bonds is 9. The van der Waals surface area contributed by atoms with Gasteiger partial charge in [0.05, 0.1) is 11.4 Å². The third-order valence-corrected chi connectivity index (χ3v) is 5.06. The highest BCUT2D eigenvalue weighted by Crippen LogP contribution is 2.24. The maximum Gasteiger partial charge on any atom is 0.280 e. The molecule has 3 heterocycles. The fraction of sp³-hybridized carbons (Fsp3) is 0.304. The van der Waals surface area contributed by atoms with Crippen molar-refractivity contribution in [3.8, 4) is 11.5 Å². The average molecular weight is 435 g/mol. The number of carbonyl (C=O) groups is 1. The van der Waals surface area contributed by atoms with E-state index in [1.165, 1.54) is 4.68 Å². The fourth-order valence-corrected chi connectivity index (χ4v) is 3.57. The molecule has 1 amide bonds. The Kier molecular flexibility index (Phi) is 6.46. The predicted octanol–water partition coefficient (Wildman–Crippen LogP) is 2.22. The summed E-state index contributed by atoms with van der Waals surface area (Å²) in [5.74, 6) is 0.338. The molecule has 0 spiro atoms. The van der Waals surface area contributed by atoms with Crippen molar-refractivity contribution in [2.24, 2.45) is 0 Å². The van der Waals surface area contributed by atoms with Gasteiger partial charge in [0.1, 0.15) is 17.4 Å². The third kappa shape index (κ3) is 4.33. The number of para-hydroxylation sites is 1. The van der Waals surface area contributed by atoms with Crippen LogP contribution >= 0.6 is 0 Å². The van der Waals surface area contributed by atoms with Crippen molar-refractivity contribution in [2.75, 3.05) is 19.8 Å². The summed E-state index contributed by atoms with van der Waals surface area (Å²) in [7, 11) is 0. The molecule has 0 aliphatic heterocycles. The quantitative estimate of drug-likeness (QED) is 0.408. The summed E-state index contributed by atoms with van der Waals surface area (Å²) >= 11 is 0. The van der Waals surface area contributed by atoms with Gasteiger partial charge in [-0.15, -0.1) is 0 Å². The van der Waals surface area contributed by atoms with E-state index < -0.39 is 0 Å². The lowest BCUT2D eigenvalue weighted by Crippen LogP contribution is -2.35. The first kappa shape index (κ1) is 21.5. The molecule has 9 nitrogen and oxygen atoms in total. The summed E-state index contributed by atoms with van der Waals surface area (Å²) in [5.41, 5.74) is 1.55. The maximum atomic E-state index is 13.4. The Morgan fingerprint density at radius 3 is 2.56 bits per heavy atom. The van der Waals surface area contributed by atoms with Crippen LogP contribution in [0, 0.1) is 6.92 Å². The third-order valence-electron chi connectivity index (χ3n) is 5.06. The van der Waals surface area contributed by atoms with Gasteiger partial charge < -0.3 is 14.6 Å². The summed E-state index contributed by atoms with van der Waals surface area (Å²) in [6.07, 6.45) is 4.43. The second-order valence-electron chi connectivity index (χ2n) is 7.33. The maximum absolute atomic E-state index is 13.4. The van der Waals surface area contributed by atoms with Crippen LogP contribution in [-0.4, -0.2) is 49.8 Å². The molecule has 166 valence electrons. The molecule has 0 saturated heterocycles. The monoisotopic (exact) mass is 434 g/mol. The highest BCUT2D eigenvalue weighted by molar-refractivity contribution is 5.88. The summed E-state index contributed by atoms with van der Waals surface area (Å²) in [5, 5.41) is 12.3. The molecular weight excluding hydrogens is 408 g/mol. The number of nitrogens with zero attached hydrogens (tertiary/aromatic N) is 5. The Morgan fingerprint density at radius 2 is 1.84 bits per heavy atom. The Labute approximate surface area is 185 Å². The standard InChI is InChI=1S/C23H26N6O3/c1-3-32-15-9-12-24-19(30)16-28-23(31)20-21(17(2)25-28)26-29(18-10-5-4-6-11-18)22(20)27-13-7-8-14-27/h4-8,10-11,13-14H,3,9,12,15-16H2,1-2H3,(H,24,30). The van der Waals surface area contributed by atoms with Crippen LogP contribution in [0.2, 0.25) is 0 Å². The van der Waals surface area contributed by atoms with Crippen LogP contribution in [0.15, 0.2) is 59.7 Å². The molecule has 0 atom stereocenters. The zero-order valence-corrected chi connectivity index (χ0v) is 18.2. The van der Waals surface area contributed by atoms with E-state index in [9.17, 15) is 9.59 Å². The van der Waals surface area contributed by atoms with Crippen molar-refractivity contribution in [2.45, 2.75) is 26.8 Å². The minimum absolute atomic E-state index is 0.161. The van der Waals surface area contributed by atoms with E-state index in [2.05, 4.69) is 10.4 Å². The van der Waals surface area contributed by atoms with Gasteiger partial charge in [0.2, 0.25) is 5.91 Å². The van der Waals surface area contributed by atoms with Crippen LogP contribution < -0.4 is 10.9 Å². The number of ether oxygens (including phenoxy) is 1. The SMILES string of the molecule is CCOCCCNC(=O)Cn1nc(C)c2nn(-c3ccccc3)c(-n3cccc3)c2c1=O. The highest BCUT2D eigenvalue weighted by atomic mass is 16.5. The first-order valence-electron chi connectivity index (χ1n) is 10.6. The lowest BCUT2D eigenvalue weighted by Gasteiger charge is -2.10. The molecule has 0 aliphatic carbocycles. The van der Waals surface area contributed by atoms with Gasteiger partial charge in [-0.3, -0.25) is 9.59 Å². The van der Waals surface area contributed by atoms with Gasteiger partial charge in [-0.1, -0.05) is 18.2 Å². The van der Waals surface area contributed by atoms with Gasteiger partial charge in [-0.25, -0.2) is 9.36 Å². The van der Waals surface area contributed by atoms with Gasteiger partial charge in [0, 0.05) is 32.2 Å². The van der Waals surface area contributed by atoms with Gasteiger partial charge in [-0.2, -0.15) is 10.2 Å². The Hall–Kier alpha value is -3.72. The first-order valence-corrected chi connectivity index (χ1v) is 10.6. The summed E-state index contributed by atoms with van der Waals surface area (Å²) < 4.78 is 10.1. The largest absolute Gasteiger partial charge is 0.382 e. The normalized spacial score (nSPS) is 11.2. The topological polar surface area (TPSA) is 96.0 Å². The van der Waals surface area contributed by atoms with Gasteiger partial charge in [0.15, 0.2) is 5.82 Å². The molecule has 4 aromatic rings. The average Bonchev–Trinajstić information content (AvgIpc) is 3.46. The van der Waals surface area contributed by atoms with E-state index in [1.54, 1.807) is 11.6 Å². The fourth-order valence-electron chi connectivity index (χ4n) is 3.57. The molecule has 0 bridgehead atoms. The van der Waals surface area contributed by atoms with Crippen LogP contribution in [0.4, 0.5) is 0 Å². The number of nitrogens with one attached hydrogen (secondary N) is 1. The molecule has 9 heteroatoms. The Morgan fingerprint density at radius 1 is 1.09 bits per heavy atom. The molecule has 4 rings (SSSR count). The molecule has 1 N–H and O–H groups in total. The lowest BCUT2D eigenvalue weighted by molar-refractivity contribution is -0.121. The van der Waals surface area contributed by atoms with E-state index >= 15 is 0 Å². The number of benzene rings is 1. The van der Waals surface area contributed by atoms with Gasteiger partial charge in [-0.05, 0) is 44.5 Å². The predicted molar refractivity (Wildman–Crippen MR) is 121 cm³/mol. The van der Waals surface area contributed by atoms with Crippen LogP contribution in [0.5, 0.6) is 0 Å². The number of hydrogen-bond donors (Lipinski definition) is 1.